The van der Waals surface area contributed by atoms with Crippen LogP contribution in [0.3, 0.4) is 0 Å². The van der Waals surface area contributed by atoms with Crippen LogP contribution in [0, 0.1) is 0 Å². The Balaban J connectivity index is 2.58. The van der Waals surface area contributed by atoms with E-state index in [4.69, 9.17) is 9.47 Å². The van der Waals surface area contributed by atoms with Crippen molar-refractivity contribution in [1.82, 2.24) is 4.98 Å². The van der Waals surface area contributed by atoms with E-state index in [2.05, 4.69) is 4.98 Å². The second-order valence-corrected chi connectivity index (χ2v) is 3.65. The highest BCUT2D eigenvalue weighted by Crippen LogP contribution is 2.31. The molecule has 1 aromatic heterocycles. The van der Waals surface area contributed by atoms with Gasteiger partial charge in [0.2, 0.25) is 0 Å². The first-order valence-electron chi connectivity index (χ1n) is 5.32. The number of hydrogen-bond acceptors (Lipinski definition) is 5. The van der Waals surface area contributed by atoms with Crippen LogP contribution in [-0.2, 0) is 9.59 Å². The number of pyridine rings is 1. The molecule has 0 spiro atoms. The van der Waals surface area contributed by atoms with Gasteiger partial charge in [0.05, 0.1) is 0 Å². The van der Waals surface area contributed by atoms with Crippen molar-refractivity contribution in [2.24, 2.45) is 0 Å². The van der Waals surface area contributed by atoms with Crippen LogP contribution >= 0.6 is 0 Å². The molecule has 0 saturated carbocycles. The summed E-state index contributed by atoms with van der Waals surface area (Å²) in [4.78, 5) is 26.1. The van der Waals surface area contributed by atoms with Gasteiger partial charge in [-0.1, -0.05) is 0 Å². The zero-order valence-electron chi connectivity index (χ0n) is 9.97. The lowest BCUT2D eigenvalue weighted by atomic mass is 10.2. The summed E-state index contributed by atoms with van der Waals surface area (Å²) < 4.78 is 10.1. The quantitative estimate of drug-likeness (QED) is 0.598. The second kappa shape index (κ2) is 4.83. The molecule has 1 heterocycles. The summed E-state index contributed by atoms with van der Waals surface area (Å²) in [6.07, 6.45) is 1.58. The van der Waals surface area contributed by atoms with Crippen LogP contribution in [0.1, 0.15) is 13.8 Å². The summed E-state index contributed by atoms with van der Waals surface area (Å²) in [5.41, 5.74) is 0.478. The lowest BCUT2D eigenvalue weighted by Gasteiger charge is -2.09. The number of ether oxygens (including phenoxy) is 2. The normalized spacial score (nSPS) is 10.1. The number of carbonyl (C=O) groups is 2. The van der Waals surface area contributed by atoms with Gasteiger partial charge < -0.3 is 9.47 Å². The third-order valence-electron chi connectivity index (χ3n) is 2.20. The molecule has 0 fully saturated rings. The zero-order chi connectivity index (χ0) is 13.1. The van der Waals surface area contributed by atoms with Crippen LogP contribution in [0.5, 0.6) is 11.5 Å². The lowest BCUT2D eigenvalue weighted by Crippen LogP contribution is -2.05. The van der Waals surface area contributed by atoms with Crippen LogP contribution in [-0.4, -0.2) is 16.9 Å². The Morgan fingerprint density at radius 3 is 2.28 bits per heavy atom. The van der Waals surface area contributed by atoms with E-state index in [-0.39, 0.29) is 0 Å². The maximum atomic E-state index is 11.0. The van der Waals surface area contributed by atoms with E-state index in [9.17, 15) is 9.59 Å². The van der Waals surface area contributed by atoms with E-state index in [0.717, 1.165) is 0 Å². The monoisotopic (exact) mass is 245 g/mol. The summed E-state index contributed by atoms with van der Waals surface area (Å²) in [7, 11) is 0. The molecule has 5 nitrogen and oxygen atoms in total. The first kappa shape index (κ1) is 12.0. The molecule has 18 heavy (non-hydrogen) atoms. The van der Waals surface area contributed by atoms with Gasteiger partial charge in [0.15, 0.2) is 5.75 Å². The summed E-state index contributed by atoms with van der Waals surface area (Å²) >= 11 is 0. The van der Waals surface area contributed by atoms with Crippen molar-refractivity contribution in [1.29, 1.82) is 0 Å². The maximum absolute atomic E-state index is 11.0. The van der Waals surface area contributed by atoms with Crippen molar-refractivity contribution in [2.75, 3.05) is 0 Å². The number of rotatable bonds is 2. The largest absolute Gasteiger partial charge is 0.426 e. The van der Waals surface area contributed by atoms with Gasteiger partial charge >= 0.3 is 11.9 Å². The van der Waals surface area contributed by atoms with Crippen LogP contribution in [0.2, 0.25) is 0 Å². The van der Waals surface area contributed by atoms with Gasteiger partial charge in [-0.15, -0.1) is 0 Å². The second-order valence-electron chi connectivity index (χ2n) is 3.65. The zero-order valence-corrected chi connectivity index (χ0v) is 9.97. The number of hydrogen-bond donors (Lipinski definition) is 0. The standard InChI is InChI=1S/C13H11NO4/c1-8(15)17-11-5-6-12(18-9(2)16)13-10(11)4-3-7-14-13/h3-7H,1-2H3. The van der Waals surface area contributed by atoms with E-state index in [1.165, 1.54) is 13.8 Å². The molecule has 0 unspecified atom stereocenters. The first-order valence-corrected chi connectivity index (χ1v) is 5.32. The highest BCUT2D eigenvalue weighted by Gasteiger charge is 2.11. The van der Waals surface area contributed by atoms with Crippen molar-refractivity contribution in [2.45, 2.75) is 13.8 Å². The molecule has 0 saturated heterocycles. The minimum atomic E-state index is -0.429. The summed E-state index contributed by atoms with van der Waals surface area (Å²) in [6.45, 7) is 2.64. The van der Waals surface area contributed by atoms with E-state index in [0.29, 0.717) is 22.4 Å². The molecule has 5 heteroatoms. The van der Waals surface area contributed by atoms with Gasteiger partial charge in [-0.05, 0) is 24.3 Å². The fourth-order valence-corrected chi connectivity index (χ4v) is 1.60. The Labute approximate surface area is 103 Å². The van der Waals surface area contributed by atoms with Gasteiger partial charge in [-0.2, -0.15) is 0 Å². The Hall–Kier alpha value is -2.43. The Morgan fingerprint density at radius 2 is 1.61 bits per heavy atom. The molecule has 0 atom stereocenters. The highest BCUT2D eigenvalue weighted by atomic mass is 16.5. The molecular weight excluding hydrogens is 234 g/mol. The van der Waals surface area contributed by atoms with Gasteiger partial charge in [-0.3, -0.25) is 14.6 Å². The predicted octanol–water partition coefficient (Wildman–Crippen LogP) is 2.09. The van der Waals surface area contributed by atoms with Crippen molar-refractivity contribution in [3.63, 3.8) is 0 Å². The lowest BCUT2D eigenvalue weighted by molar-refractivity contribution is -0.132. The van der Waals surface area contributed by atoms with Crippen molar-refractivity contribution in [3.8, 4) is 11.5 Å². The average molecular weight is 245 g/mol. The SMILES string of the molecule is CC(=O)Oc1ccc(OC(C)=O)c2ncccc12. The summed E-state index contributed by atoms with van der Waals surface area (Å²) in [5.74, 6) is -0.113. The Bertz CT molecular complexity index is 567. The van der Waals surface area contributed by atoms with Crippen LogP contribution < -0.4 is 9.47 Å². The molecule has 2 aromatic rings. The molecule has 0 amide bonds. The molecule has 2 rings (SSSR count). The van der Waals surface area contributed by atoms with E-state index >= 15 is 0 Å². The van der Waals surface area contributed by atoms with Crippen molar-refractivity contribution in [3.05, 3.63) is 30.5 Å². The van der Waals surface area contributed by atoms with Crippen LogP contribution in [0.25, 0.3) is 10.9 Å². The van der Waals surface area contributed by atoms with E-state index in [1.807, 2.05) is 0 Å². The number of carbonyl (C=O) groups excluding carboxylic acids is 2. The van der Waals surface area contributed by atoms with E-state index < -0.39 is 11.9 Å². The summed E-state index contributed by atoms with van der Waals surface area (Å²) in [5, 5.41) is 0.617. The molecule has 0 bridgehead atoms. The van der Waals surface area contributed by atoms with Crippen LogP contribution in [0.15, 0.2) is 30.5 Å². The Morgan fingerprint density at radius 1 is 1.00 bits per heavy atom. The van der Waals surface area contributed by atoms with Gasteiger partial charge in [0, 0.05) is 25.4 Å². The predicted molar refractivity (Wildman–Crippen MR) is 64.4 cm³/mol. The van der Waals surface area contributed by atoms with Crippen molar-refractivity contribution >= 4 is 22.8 Å². The Kier molecular flexibility index (Phi) is 3.23. The van der Waals surface area contributed by atoms with Gasteiger partial charge in [-0.25, -0.2) is 0 Å². The van der Waals surface area contributed by atoms with Gasteiger partial charge in [0.25, 0.3) is 0 Å². The number of benzene rings is 1. The number of aromatic nitrogens is 1. The molecule has 0 N–H and O–H groups in total. The van der Waals surface area contributed by atoms with E-state index in [1.54, 1.807) is 30.5 Å². The molecule has 0 aliphatic carbocycles. The molecule has 0 aliphatic rings. The molecular formula is C13H11NO4. The van der Waals surface area contributed by atoms with Crippen molar-refractivity contribution < 1.29 is 19.1 Å². The topological polar surface area (TPSA) is 65.5 Å². The fraction of sp³-hybridized carbons (Fsp3) is 0.154. The molecule has 92 valence electrons. The highest BCUT2D eigenvalue weighted by molar-refractivity contribution is 5.92. The molecule has 1 aromatic carbocycles. The third-order valence-corrected chi connectivity index (χ3v) is 2.20. The molecule has 0 aliphatic heterocycles. The maximum Gasteiger partial charge on any atom is 0.308 e. The number of esters is 2. The number of nitrogens with zero attached hydrogens (tertiary/aromatic N) is 1. The first-order chi connectivity index (χ1) is 8.58. The smallest absolute Gasteiger partial charge is 0.308 e. The number of fused-ring (bicyclic) bond motifs is 1. The minimum Gasteiger partial charge on any atom is -0.426 e. The molecule has 0 radical (unpaired) electrons. The minimum absolute atomic E-state index is 0.342. The summed E-state index contributed by atoms with van der Waals surface area (Å²) in [6, 6.07) is 6.58. The third kappa shape index (κ3) is 2.45. The average Bonchev–Trinajstić information content (AvgIpc) is 2.31. The van der Waals surface area contributed by atoms with Crippen LogP contribution in [0.4, 0.5) is 0 Å². The fourth-order valence-electron chi connectivity index (χ4n) is 1.60. The van der Waals surface area contributed by atoms with Gasteiger partial charge in [0.1, 0.15) is 11.3 Å².